The first-order chi connectivity index (χ1) is 8.68. The average molecular weight is 266 g/mol. The average Bonchev–Trinajstić information content (AvgIpc) is 2.64. The van der Waals surface area contributed by atoms with Crippen LogP contribution in [0, 0.1) is 6.92 Å². The smallest absolute Gasteiger partial charge is 0.140 e. The lowest BCUT2D eigenvalue weighted by Gasteiger charge is -2.06. The van der Waals surface area contributed by atoms with Crippen LogP contribution in [-0.4, -0.2) is 16.4 Å². The highest BCUT2D eigenvalue weighted by Crippen LogP contribution is 2.22. The molecule has 0 spiro atoms. The van der Waals surface area contributed by atoms with Gasteiger partial charge in [0.15, 0.2) is 0 Å². The number of nitrogens with two attached hydrogens (primary N) is 1. The van der Waals surface area contributed by atoms with Crippen molar-refractivity contribution in [3.05, 3.63) is 41.0 Å². The second-order valence-corrected chi connectivity index (χ2v) is 4.40. The van der Waals surface area contributed by atoms with Crippen LogP contribution < -0.4 is 10.5 Å². The fourth-order valence-electron chi connectivity index (χ4n) is 1.67. The van der Waals surface area contributed by atoms with Crippen molar-refractivity contribution in [2.75, 3.05) is 12.3 Å². The number of nitrogens with zero attached hydrogens (tertiary/aromatic N) is 2. The number of benzene rings is 1. The van der Waals surface area contributed by atoms with Crippen LogP contribution in [0.1, 0.15) is 12.1 Å². The van der Waals surface area contributed by atoms with Crippen LogP contribution >= 0.6 is 11.6 Å². The number of halogens is 1. The molecular weight excluding hydrogens is 250 g/mol. The minimum atomic E-state index is 0.522. The zero-order chi connectivity index (χ0) is 13.0. The molecule has 0 saturated heterocycles. The van der Waals surface area contributed by atoms with E-state index >= 15 is 0 Å². The van der Waals surface area contributed by atoms with Crippen LogP contribution in [0.25, 0.3) is 0 Å². The number of para-hydroxylation sites is 1. The minimum absolute atomic E-state index is 0.522. The first-order valence-corrected chi connectivity index (χ1v) is 6.22. The van der Waals surface area contributed by atoms with Gasteiger partial charge in [0, 0.05) is 13.0 Å². The number of hydrogen-bond donors (Lipinski definition) is 1. The molecule has 2 N–H and O–H groups in total. The highest BCUT2D eigenvalue weighted by Gasteiger charge is 2.09. The first kappa shape index (κ1) is 12.8. The van der Waals surface area contributed by atoms with Crippen LogP contribution in [0.3, 0.4) is 0 Å². The predicted molar refractivity (Wildman–Crippen MR) is 72.9 cm³/mol. The van der Waals surface area contributed by atoms with Gasteiger partial charge in [-0.15, -0.1) is 0 Å². The van der Waals surface area contributed by atoms with Gasteiger partial charge in [-0.25, -0.2) is 4.68 Å². The van der Waals surface area contributed by atoms with E-state index < -0.39 is 0 Å². The Morgan fingerprint density at radius 3 is 2.67 bits per heavy atom. The Morgan fingerprint density at radius 1 is 1.33 bits per heavy atom. The zero-order valence-electron chi connectivity index (χ0n) is 10.3. The molecule has 0 amide bonds. The molecule has 0 radical (unpaired) electrons. The summed E-state index contributed by atoms with van der Waals surface area (Å²) in [4.78, 5) is 0. The Balaban J connectivity index is 1.80. The lowest BCUT2D eigenvalue weighted by atomic mass is 10.3. The molecule has 1 aromatic heterocycles. The second-order valence-electron chi connectivity index (χ2n) is 4.02. The second kappa shape index (κ2) is 5.78. The van der Waals surface area contributed by atoms with E-state index in [1.807, 2.05) is 37.3 Å². The van der Waals surface area contributed by atoms with Gasteiger partial charge in [0.2, 0.25) is 0 Å². The fraction of sp³-hybridized carbons (Fsp3) is 0.308. The molecule has 1 heterocycles. The summed E-state index contributed by atoms with van der Waals surface area (Å²) in [6, 6.07) is 9.72. The molecule has 0 aliphatic heterocycles. The normalized spacial score (nSPS) is 10.6. The molecule has 96 valence electrons. The third-order valence-electron chi connectivity index (χ3n) is 2.62. The summed E-state index contributed by atoms with van der Waals surface area (Å²) < 4.78 is 7.30. The summed E-state index contributed by atoms with van der Waals surface area (Å²) in [6.45, 7) is 3.17. The lowest BCUT2D eigenvalue weighted by molar-refractivity contribution is 0.299. The largest absolute Gasteiger partial charge is 0.494 e. The summed E-state index contributed by atoms with van der Waals surface area (Å²) in [5, 5.41) is 4.80. The Morgan fingerprint density at radius 2 is 2.06 bits per heavy atom. The molecule has 4 nitrogen and oxygen atoms in total. The predicted octanol–water partition coefficient (Wildman–Crippen LogP) is 2.90. The maximum atomic E-state index is 5.97. The monoisotopic (exact) mass is 265 g/mol. The summed E-state index contributed by atoms with van der Waals surface area (Å²) in [7, 11) is 0. The van der Waals surface area contributed by atoms with Gasteiger partial charge in [-0.1, -0.05) is 29.8 Å². The van der Waals surface area contributed by atoms with E-state index in [0.717, 1.165) is 17.9 Å². The molecule has 0 aliphatic carbocycles. The van der Waals surface area contributed by atoms with Crippen LogP contribution in [0.2, 0.25) is 5.02 Å². The molecule has 18 heavy (non-hydrogen) atoms. The maximum absolute atomic E-state index is 5.97. The molecule has 0 aliphatic rings. The van der Waals surface area contributed by atoms with Crippen LogP contribution in [-0.2, 0) is 6.54 Å². The van der Waals surface area contributed by atoms with Gasteiger partial charge >= 0.3 is 0 Å². The van der Waals surface area contributed by atoms with Gasteiger partial charge in [0.05, 0.1) is 12.3 Å². The Bertz CT molecular complexity index is 510. The summed E-state index contributed by atoms with van der Waals surface area (Å²) >= 11 is 5.97. The molecule has 1 aromatic carbocycles. The first-order valence-electron chi connectivity index (χ1n) is 5.84. The summed E-state index contributed by atoms with van der Waals surface area (Å²) in [5.74, 6) is 1.40. The van der Waals surface area contributed by atoms with E-state index in [9.17, 15) is 0 Å². The molecule has 2 rings (SSSR count). The van der Waals surface area contributed by atoms with Gasteiger partial charge in [0.25, 0.3) is 0 Å². The number of nitrogen functional groups attached to an aromatic ring is 1. The topological polar surface area (TPSA) is 53.1 Å². The number of aryl methyl sites for hydroxylation is 2. The molecule has 5 heteroatoms. The van der Waals surface area contributed by atoms with Gasteiger partial charge in [-0.3, -0.25) is 0 Å². The van der Waals surface area contributed by atoms with Crippen molar-refractivity contribution in [1.29, 1.82) is 0 Å². The molecule has 0 unspecified atom stereocenters. The summed E-state index contributed by atoms with van der Waals surface area (Å²) in [5.41, 5.74) is 6.59. The third kappa shape index (κ3) is 2.96. The van der Waals surface area contributed by atoms with E-state index in [1.54, 1.807) is 4.68 Å². The Hall–Kier alpha value is -1.68. The van der Waals surface area contributed by atoms with Crippen LogP contribution in [0.15, 0.2) is 30.3 Å². The quantitative estimate of drug-likeness (QED) is 0.846. The minimum Gasteiger partial charge on any atom is -0.494 e. The van der Waals surface area contributed by atoms with E-state index in [-0.39, 0.29) is 0 Å². The van der Waals surface area contributed by atoms with Crippen LogP contribution in [0.4, 0.5) is 5.82 Å². The van der Waals surface area contributed by atoms with Crippen molar-refractivity contribution in [2.45, 2.75) is 19.9 Å². The molecular formula is C13H16ClN3O. The van der Waals surface area contributed by atoms with Crippen molar-refractivity contribution >= 4 is 17.4 Å². The van der Waals surface area contributed by atoms with E-state index in [0.29, 0.717) is 24.0 Å². The SMILES string of the molecule is Cc1nn(CCCOc2ccccc2)c(N)c1Cl. The van der Waals surface area contributed by atoms with Crippen LogP contribution in [0.5, 0.6) is 5.75 Å². The number of anilines is 1. The number of ether oxygens (including phenoxy) is 1. The lowest BCUT2D eigenvalue weighted by Crippen LogP contribution is -2.08. The van der Waals surface area contributed by atoms with Crippen molar-refractivity contribution < 1.29 is 4.74 Å². The zero-order valence-corrected chi connectivity index (χ0v) is 11.0. The summed E-state index contributed by atoms with van der Waals surface area (Å²) in [6.07, 6.45) is 0.830. The third-order valence-corrected chi connectivity index (χ3v) is 3.08. The van der Waals surface area contributed by atoms with Gasteiger partial charge in [-0.2, -0.15) is 5.10 Å². The highest BCUT2D eigenvalue weighted by atomic mass is 35.5. The number of aromatic nitrogens is 2. The van der Waals surface area contributed by atoms with Gasteiger partial charge < -0.3 is 10.5 Å². The van der Waals surface area contributed by atoms with E-state index in [4.69, 9.17) is 22.1 Å². The number of rotatable bonds is 5. The van der Waals surface area contributed by atoms with Crippen molar-refractivity contribution in [3.63, 3.8) is 0 Å². The van der Waals surface area contributed by atoms with E-state index in [1.165, 1.54) is 0 Å². The molecule has 2 aromatic rings. The van der Waals surface area contributed by atoms with Gasteiger partial charge in [-0.05, 0) is 19.1 Å². The van der Waals surface area contributed by atoms with Crippen molar-refractivity contribution in [1.82, 2.24) is 9.78 Å². The molecule has 0 atom stereocenters. The van der Waals surface area contributed by atoms with E-state index in [2.05, 4.69) is 5.10 Å². The Kier molecular flexibility index (Phi) is 4.10. The van der Waals surface area contributed by atoms with Gasteiger partial charge in [0.1, 0.15) is 16.6 Å². The molecule has 0 saturated carbocycles. The molecule has 0 fully saturated rings. The number of hydrogen-bond acceptors (Lipinski definition) is 3. The fourth-order valence-corrected chi connectivity index (χ4v) is 1.80. The Labute approximate surface area is 111 Å². The van der Waals surface area contributed by atoms with Crippen molar-refractivity contribution in [2.24, 2.45) is 0 Å². The van der Waals surface area contributed by atoms with Crippen molar-refractivity contribution in [3.8, 4) is 5.75 Å². The highest BCUT2D eigenvalue weighted by molar-refractivity contribution is 6.33. The maximum Gasteiger partial charge on any atom is 0.140 e. The standard InChI is InChI=1S/C13H16ClN3O/c1-10-12(14)13(15)17(16-10)8-5-9-18-11-6-3-2-4-7-11/h2-4,6-7H,5,8-9,15H2,1H3. The molecule has 0 bridgehead atoms.